The smallest absolute Gasteiger partial charge is 0.289 e. The molecule has 0 N–H and O–H groups in total. The first-order valence-corrected chi connectivity index (χ1v) is 9.09. The number of nitrogens with zero attached hydrogens (tertiary/aromatic N) is 2. The van der Waals surface area contributed by atoms with Crippen LogP contribution in [0.2, 0.25) is 0 Å². The topological polar surface area (TPSA) is 55.5 Å². The molecule has 3 aromatic rings. The van der Waals surface area contributed by atoms with E-state index in [1.807, 2.05) is 52.8 Å². The van der Waals surface area contributed by atoms with Crippen LogP contribution in [0.3, 0.4) is 0 Å². The Morgan fingerprint density at radius 2 is 1.92 bits per heavy atom. The average molecular weight is 348 g/mol. The molecular formula is C21H20N2O3. The van der Waals surface area contributed by atoms with Crippen molar-refractivity contribution < 1.29 is 9.21 Å². The van der Waals surface area contributed by atoms with Crippen LogP contribution in [0.25, 0.3) is 11.0 Å². The van der Waals surface area contributed by atoms with Crippen LogP contribution in [0, 0.1) is 12.8 Å². The highest BCUT2D eigenvalue weighted by Gasteiger charge is 2.37. The number of carbonyl (C=O) groups is 1. The minimum absolute atomic E-state index is 0.0415. The highest BCUT2D eigenvalue weighted by Crippen LogP contribution is 2.36. The van der Waals surface area contributed by atoms with E-state index < -0.39 is 0 Å². The van der Waals surface area contributed by atoms with Gasteiger partial charge in [0.1, 0.15) is 5.58 Å². The summed E-state index contributed by atoms with van der Waals surface area (Å²) in [6.07, 6.45) is 1.03. The molecule has 1 fully saturated rings. The fraction of sp³-hybridized carbons (Fsp3) is 0.333. The van der Waals surface area contributed by atoms with E-state index >= 15 is 0 Å². The minimum Gasteiger partial charge on any atom is -0.451 e. The molecule has 0 spiro atoms. The summed E-state index contributed by atoms with van der Waals surface area (Å²) in [4.78, 5) is 27.2. The number of aromatic nitrogens is 1. The monoisotopic (exact) mass is 348 g/mol. The average Bonchev–Trinajstić information content (AvgIpc) is 2.99. The molecule has 0 aliphatic carbocycles. The lowest BCUT2D eigenvalue weighted by Gasteiger charge is -2.42. The van der Waals surface area contributed by atoms with Crippen LogP contribution >= 0.6 is 0 Å². The molecule has 132 valence electrons. The number of aryl methyl sites for hydroxylation is 1. The summed E-state index contributed by atoms with van der Waals surface area (Å²) in [6, 6.07) is 13.2. The van der Waals surface area contributed by atoms with Gasteiger partial charge in [-0.2, -0.15) is 0 Å². The number of piperidine rings is 1. The second kappa shape index (κ2) is 5.59. The van der Waals surface area contributed by atoms with Gasteiger partial charge < -0.3 is 13.9 Å². The molecule has 1 amide bonds. The molecule has 26 heavy (non-hydrogen) atoms. The molecule has 5 rings (SSSR count). The summed E-state index contributed by atoms with van der Waals surface area (Å²) in [5, 5.41) is 0.991. The van der Waals surface area contributed by atoms with Gasteiger partial charge in [0, 0.05) is 48.3 Å². The van der Waals surface area contributed by atoms with E-state index in [1.54, 1.807) is 6.07 Å². The van der Waals surface area contributed by atoms with E-state index in [-0.39, 0.29) is 17.4 Å². The lowest BCUT2D eigenvalue weighted by molar-refractivity contribution is 0.0565. The minimum atomic E-state index is -0.0415. The second-order valence-electron chi connectivity index (χ2n) is 7.46. The lowest BCUT2D eigenvalue weighted by atomic mass is 9.83. The van der Waals surface area contributed by atoms with Gasteiger partial charge in [0.15, 0.2) is 5.76 Å². The Hall–Kier alpha value is -2.82. The van der Waals surface area contributed by atoms with Crippen LogP contribution in [0.4, 0.5) is 0 Å². The van der Waals surface area contributed by atoms with Crippen LogP contribution in [-0.2, 0) is 6.54 Å². The second-order valence-corrected chi connectivity index (χ2v) is 7.46. The number of benzene rings is 1. The molecule has 2 aromatic heterocycles. The summed E-state index contributed by atoms with van der Waals surface area (Å²) >= 11 is 0. The fourth-order valence-corrected chi connectivity index (χ4v) is 4.58. The number of rotatable bonds is 1. The summed E-state index contributed by atoms with van der Waals surface area (Å²) < 4.78 is 7.76. The van der Waals surface area contributed by atoms with Crippen molar-refractivity contribution in [2.45, 2.75) is 25.8 Å². The molecule has 2 atom stereocenters. The first-order chi connectivity index (χ1) is 12.6. The summed E-state index contributed by atoms with van der Waals surface area (Å²) in [7, 11) is 0. The SMILES string of the molecule is Cc1c(C(=O)N2C[C@H]3C[C@@H](C2)c2cccc(=O)n2C3)oc2ccccc12. The fourth-order valence-electron chi connectivity index (χ4n) is 4.58. The van der Waals surface area contributed by atoms with Crippen molar-refractivity contribution in [2.75, 3.05) is 13.1 Å². The molecule has 2 aliphatic heterocycles. The summed E-state index contributed by atoms with van der Waals surface area (Å²) in [5.74, 6) is 0.928. The molecule has 1 saturated heterocycles. The number of fused-ring (bicyclic) bond motifs is 5. The van der Waals surface area contributed by atoms with Crippen molar-refractivity contribution in [1.82, 2.24) is 9.47 Å². The molecule has 5 nitrogen and oxygen atoms in total. The summed E-state index contributed by atoms with van der Waals surface area (Å²) in [5.41, 5.74) is 2.76. The standard InChI is InChI=1S/C21H20N2O3/c1-13-16-5-2-3-7-18(16)26-20(13)21(25)22-10-14-9-15(12-22)17-6-4-8-19(24)23(17)11-14/h2-8,14-15H,9-12H2,1H3/t14-,15+/m1/s1. The van der Waals surface area contributed by atoms with Gasteiger partial charge in [0.25, 0.3) is 11.5 Å². The Balaban J connectivity index is 1.49. The van der Waals surface area contributed by atoms with E-state index in [0.717, 1.165) is 28.6 Å². The van der Waals surface area contributed by atoms with E-state index in [1.165, 1.54) is 0 Å². The van der Waals surface area contributed by atoms with E-state index in [4.69, 9.17) is 4.42 Å². The quantitative estimate of drug-likeness (QED) is 0.679. The van der Waals surface area contributed by atoms with Gasteiger partial charge in [0.2, 0.25) is 0 Å². The van der Waals surface area contributed by atoms with Crippen LogP contribution in [0.15, 0.2) is 51.7 Å². The zero-order valence-electron chi connectivity index (χ0n) is 14.6. The maximum atomic E-state index is 13.2. The van der Waals surface area contributed by atoms with E-state index in [0.29, 0.717) is 31.3 Å². The molecule has 1 aromatic carbocycles. The highest BCUT2D eigenvalue weighted by atomic mass is 16.3. The van der Waals surface area contributed by atoms with Crippen LogP contribution in [0.5, 0.6) is 0 Å². The highest BCUT2D eigenvalue weighted by molar-refractivity contribution is 5.99. The Morgan fingerprint density at radius 3 is 2.77 bits per heavy atom. The molecule has 2 bridgehead atoms. The summed E-state index contributed by atoms with van der Waals surface area (Å²) in [6.45, 7) is 3.94. The number of furan rings is 1. The number of para-hydroxylation sites is 1. The zero-order chi connectivity index (χ0) is 17.8. The number of amides is 1. The van der Waals surface area contributed by atoms with E-state index in [9.17, 15) is 9.59 Å². The number of hydrogen-bond donors (Lipinski definition) is 0. The third-order valence-electron chi connectivity index (χ3n) is 5.80. The van der Waals surface area contributed by atoms with Crippen LogP contribution in [-0.4, -0.2) is 28.5 Å². The normalized spacial score (nSPS) is 21.7. The van der Waals surface area contributed by atoms with Crippen LogP contribution < -0.4 is 5.56 Å². The van der Waals surface area contributed by atoms with Crippen molar-refractivity contribution in [1.29, 1.82) is 0 Å². The first-order valence-electron chi connectivity index (χ1n) is 9.09. The van der Waals surface area contributed by atoms with Crippen molar-refractivity contribution in [3.05, 3.63) is 69.8 Å². The van der Waals surface area contributed by atoms with Gasteiger partial charge in [-0.1, -0.05) is 24.3 Å². The maximum Gasteiger partial charge on any atom is 0.289 e. The van der Waals surface area contributed by atoms with Gasteiger partial charge in [0.05, 0.1) is 0 Å². The third kappa shape index (κ3) is 2.23. The Bertz CT molecular complexity index is 1080. The van der Waals surface area contributed by atoms with Gasteiger partial charge >= 0.3 is 0 Å². The zero-order valence-corrected chi connectivity index (χ0v) is 14.6. The van der Waals surface area contributed by atoms with Gasteiger partial charge in [-0.25, -0.2) is 0 Å². The molecule has 0 unspecified atom stereocenters. The van der Waals surface area contributed by atoms with Gasteiger partial charge in [-0.15, -0.1) is 0 Å². The van der Waals surface area contributed by atoms with Crippen molar-refractivity contribution in [3.8, 4) is 0 Å². The molecular weight excluding hydrogens is 328 g/mol. The molecule has 2 aliphatic rings. The molecule has 0 radical (unpaired) electrons. The van der Waals surface area contributed by atoms with Crippen LogP contribution in [0.1, 0.15) is 34.2 Å². The van der Waals surface area contributed by atoms with Crippen molar-refractivity contribution in [2.24, 2.45) is 5.92 Å². The van der Waals surface area contributed by atoms with Gasteiger partial charge in [-0.05, 0) is 31.4 Å². The number of pyridine rings is 1. The first kappa shape index (κ1) is 15.4. The molecule has 5 heteroatoms. The van der Waals surface area contributed by atoms with Crippen molar-refractivity contribution >= 4 is 16.9 Å². The number of carbonyl (C=O) groups excluding carboxylic acids is 1. The predicted molar refractivity (Wildman–Crippen MR) is 98.4 cm³/mol. The Labute approximate surface area is 150 Å². The largest absolute Gasteiger partial charge is 0.451 e. The Morgan fingerprint density at radius 1 is 1.08 bits per heavy atom. The van der Waals surface area contributed by atoms with Crippen molar-refractivity contribution in [3.63, 3.8) is 0 Å². The van der Waals surface area contributed by atoms with E-state index in [2.05, 4.69) is 0 Å². The predicted octanol–water partition coefficient (Wildman–Crippen LogP) is 3.16. The maximum absolute atomic E-state index is 13.2. The molecule has 0 saturated carbocycles. The molecule has 4 heterocycles. The number of hydrogen-bond acceptors (Lipinski definition) is 3. The van der Waals surface area contributed by atoms with Gasteiger partial charge in [-0.3, -0.25) is 9.59 Å². The lowest BCUT2D eigenvalue weighted by Crippen LogP contribution is -2.49. The Kier molecular flexibility index (Phi) is 3.32. The number of likely N-dealkylation sites (tertiary alicyclic amines) is 1. The third-order valence-corrected chi connectivity index (χ3v) is 5.80.